The maximum Gasteiger partial charge on any atom is 0.147 e. The Hall–Kier alpha value is -1.64. The first-order valence-corrected chi connectivity index (χ1v) is 3.83. The third kappa shape index (κ3) is 6.75. The van der Waals surface area contributed by atoms with Gasteiger partial charge in [-0.25, -0.2) is 0 Å². The minimum Gasteiger partial charge on any atom is -0.513 e. The molecule has 0 atom stereocenters. The molecule has 0 saturated carbocycles. The minimum absolute atomic E-state index is 0.184. The lowest BCUT2D eigenvalue weighted by molar-refractivity contribution is -0.104. The summed E-state index contributed by atoms with van der Waals surface area (Å²) in [4.78, 5) is 14.3. The zero-order valence-electron chi connectivity index (χ0n) is 7.60. The molecule has 0 radical (unpaired) electrons. The summed E-state index contributed by atoms with van der Waals surface area (Å²) in [7, 11) is 0. The SMILES string of the molecule is C=C/C=C(/C=O)C/N=C/C=C(/C)O. The topological polar surface area (TPSA) is 49.7 Å². The van der Waals surface area contributed by atoms with Crippen LogP contribution in [0.1, 0.15) is 6.92 Å². The molecule has 0 rings (SSSR count). The lowest BCUT2D eigenvalue weighted by Crippen LogP contribution is -1.89. The number of carbonyl (C=O) groups is 1. The van der Waals surface area contributed by atoms with E-state index in [-0.39, 0.29) is 5.76 Å². The molecule has 0 amide bonds. The molecule has 0 aliphatic heterocycles. The van der Waals surface area contributed by atoms with Crippen molar-refractivity contribution in [2.24, 2.45) is 4.99 Å². The van der Waals surface area contributed by atoms with Crippen LogP contribution in [0.2, 0.25) is 0 Å². The predicted molar refractivity (Wildman–Crippen MR) is 54.1 cm³/mol. The monoisotopic (exact) mass is 179 g/mol. The van der Waals surface area contributed by atoms with Crippen LogP contribution in [0, 0.1) is 0 Å². The quantitative estimate of drug-likeness (QED) is 0.230. The molecule has 0 aliphatic carbocycles. The molecule has 13 heavy (non-hydrogen) atoms. The van der Waals surface area contributed by atoms with E-state index in [0.29, 0.717) is 12.1 Å². The third-order valence-electron chi connectivity index (χ3n) is 1.18. The Bertz CT molecular complexity index is 258. The zero-order valence-corrected chi connectivity index (χ0v) is 7.60. The summed E-state index contributed by atoms with van der Waals surface area (Å²) >= 11 is 0. The molecular formula is C10H13NO2. The number of aliphatic hydroxyl groups is 1. The molecule has 0 aromatic carbocycles. The van der Waals surface area contributed by atoms with Gasteiger partial charge in [-0.05, 0) is 13.0 Å². The van der Waals surface area contributed by atoms with Crippen molar-refractivity contribution >= 4 is 12.5 Å². The molecule has 0 bridgehead atoms. The fraction of sp³-hybridized carbons (Fsp3) is 0.200. The van der Waals surface area contributed by atoms with Crippen molar-refractivity contribution in [3.05, 3.63) is 36.1 Å². The molecule has 0 aromatic rings. The molecule has 0 aromatic heterocycles. The van der Waals surface area contributed by atoms with Crippen molar-refractivity contribution in [2.45, 2.75) is 6.92 Å². The maximum atomic E-state index is 10.4. The van der Waals surface area contributed by atoms with Crippen LogP contribution in [0.3, 0.4) is 0 Å². The smallest absolute Gasteiger partial charge is 0.147 e. The van der Waals surface area contributed by atoms with E-state index in [9.17, 15) is 4.79 Å². The molecule has 0 spiro atoms. The zero-order chi connectivity index (χ0) is 10.1. The first kappa shape index (κ1) is 11.4. The Morgan fingerprint density at radius 2 is 2.23 bits per heavy atom. The highest BCUT2D eigenvalue weighted by atomic mass is 16.3. The summed E-state index contributed by atoms with van der Waals surface area (Å²) in [6.45, 7) is 5.32. The standard InChI is InChI=1S/C10H13NO2/c1-3-4-10(8-12)7-11-6-5-9(2)13/h3-6,8,13H,1,7H2,2H3/b9-5-,10-4+,11-6+. The lowest BCUT2D eigenvalue weighted by Gasteiger charge is -1.90. The first-order valence-electron chi connectivity index (χ1n) is 3.83. The second kappa shape index (κ2) is 7.03. The van der Waals surface area contributed by atoms with Gasteiger partial charge in [0, 0.05) is 11.8 Å². The van der Waals surface area contributed by atoms with Gasteiger partial charge in [-0.3, -0.25) is 9.79 Å². The third-order valence-corrected chi connectivity index (χ3v) is 1.18. The van der Waals surface area contributed by atoms with Crippen LogP contribution in [0.15, 0.2) is 41.1 Å². The van der Waals surface area contributed by atoms with Crippen LogP contribution in [-0.2, 0) is 4.79 Å². The molecular weight excluding hydrogens is 166 g/mol. The molecule has 0 saturated heterocycles. The average Bonchev–Trinajstić information content (AvgIpc) is 2.10. The molecule has 3 heteroatoms. The number of carbonyl (C=O) groups excluding carboxylic acids is 1. The maximum absolute atomic E-state index is 10.4. The van der Waals surface area contributed by atoms with Crippen molar-refractivity contribution < 1.29 is 9.90 Å². The summed E-state index contributed by atoms with van der Waals surface area (Å²) < 4.78 is 0. The number of aliphatic imine (C=N–C) groups is 1. The van der Waals surface area contributed by atoms with Crippen molar-refractivity contribution in [1.82, 2.24) is 0 Å². The highest BCUT2D eigenvalue weighted by Crippen LogP contribution is 1.90. The van der Waals surface area contributed by atoms with Crippen molar-refractivity contribution in [1.29, 1.82) is 0 Å². The Morgan fingerprint density at radius 1 is 1.54 bits per heavy atom. The van der Waals surface area contributed by atoms with Gasteiger partial charge in [-0.1, -0.05) is 18.7 Å². The summed E-state index contributed by atoms with van der Waals surface area (Å²) in [5, 5.41) is 8.75. The largest absolute Gasteiger partial charge is 0.513 e. The van der Waals surface area contributed by atoms with Crippen LogP contribution < -0.4 is 0 Å². The van der Waals surface area contributed by atoms with E-state index in [1.807, 2.05) is 0 Å². The molecule has 0 unspecified atom stereocenters. The number of aldehydes is 1. The highest BCUT2D eigenvalue weighted by molar-refractivity contribution is 5.76. The second-order valence-corrected chi connectivity index (χ2v) is 2.39. The summed E-state index contributed by atoms with van der Waals surface area (Å²) in [6.07, 6.45) is 6.77. The molecule has 0 heterocycles. The predicted octanol–water partition coefficient (Wildman–Crippen LogP) is 1.83. The van der Waals surface area contributed by atoms with Crippen LogP contribution >= 0.6 is 0 Å². The van der Waals surface area contributed by atoms with Gasteiger partial charge in [-0.15, -0.1) is 0 Å². The number of allylic oxidation sites excluding steroid dienone is 4. The number of nitrogens with zero attached hydrogens (tertiary/aromatic N) is 1. The van der Waals surface area contributed by atoms with Gasteiger partial charge in [0.1, 0.15) is 6.29 Å². The van der Waals surface area contributed by atoms with E-state index in [2.05, 4.69) is 11.6 Å². The highest BCUT2D eigenvalue weighted by Gasteiger charge is 1.88. The molecule has 1 N–H and O–H groups in total. The van der Waals surface area contributed by atoms with Crippen LogP contribution in [-0.4, -0.2) is 24.2 Å². The summed E-state index contributed by atoms with van der Waals surface area (Å²) in [6, 6.07) is 0. The van der Waals surface area contributed by atoms with Crippen LogP contribution in [0.4, 0.5) is 0 Å². The van der Waals surface area contributed by atoms with Gasteiger partial charge < -0.3 is 5.11 Å². The first-order chi connectivity index (χ1) is 6.20. The number of hydrogen-bond acceptors (Lipinski definition) is 3. The van der Waals surface area contributed by atoms with Crippen LogP contribution in [0.25, 0.3) is 0 Å². The van der Waals surface area contributed by atoms with E-state index < -0.39 is 0 Å². The van der Waals surface area contributed by atoms with E-state index in [4.69, 9.17) is 5.11 Å². The number of aliphatic hydroxyl groups excluding tert-OH is 1. The van der Waals surface area contributed by atoms with E-state index >= 15 is 0 Å². The Balaban J connectivity index is 4.06. The molecule has 0 fully saturated rings. The average molecular weight is 179 g/mol. The lowest BCUT2D eigenvalue weighted by atomic mass is 10.3. The van der Waals surface area contributed by atoms with E-state index in [1.54, 1.807) is 13.0 Å². The normalized spacial score (nSPS) is 13.3. The Morgan fingerprint density at radius 3 is 2.69 bits per heavy atom. The second-order valence-electron chi connectivity index (χ2n) is 2.39. The van der Waals surface area contributed by atoms with Crippen molar-refractivity contribution in [3.8, 4) is 0 Å². The molecule has 70 valence electrons. The van der Waals surface area contributed by atoms with Gasteiger partial charge in [0.25, 0.3) is 0 Å². The van der Waals surface area contributed by atoms with Crippen molar-refractivity contribution in [2.75, 3.05) is 6.54 Å². The fourth-order valence-electron chi connectivity index (χ4n) is 0.599. The van der Waals surface area contributed by atoms with E-state index in [1.165, 1.54) is 18.4 Å². The molecule has 0 aliphatic rings. The van der Waals surface area contributed by atoms with Gasteiger partial charge in [0.2, 0.25) is 0 Å². The van der Waals surface area contributed by atoms with Gasteiger partial charge in [0.05, 0.1) is 12.3 Å². The Labute approximate surface area is 77.8 Å². The van der Waals surface area contributed by atoms with E-state index in [0.717, 1.165) is 6.29 Å². The summed E-state index contributed by atoms with van der Waals surface area (Å²) in [5.41, 5.74) is 0.551. The van der Waals surface area contributed by atoms with Crippen LogP contribution in [0.5, 0.6) is 0 Å². The Kier molecular flexibility index (Phi) is 6.15. The van der Waals surface area contributed by atoms with Gasteiger partial charge in [-0.2, -0.15) is 0 Å². The molecule has 3 nitrogen and oxygen atoms in total. The van der Waals surface area contributed by atoms with Gasteiger partial charge in [0.15, 0.2) is 0 Å². The van der Waals surface area contributed by atoms with Crippen molar-refractivity contribution in [3.63, 3.8) is 0 Å². The van der Waals surface area contributed by atoms with Gasteiger partial charge >= 0.3 is 0 Å². The fourth-order valence-corrected chi connectivity index (χ4v) is 0.599. The number of rotatable bonds is 5. The summed E-state index contributed by atoms with van der Waals surface area (Å²) in [5.74, 6) is 0.184. The minimum atomic E-state index is 0.184. The number of hydrogen-bond donors (Lipinski definition) is 1.